The summed E-state index contributed by atoms with van der Waals surface area (Å²) < 4.78 is 4.88. The van der Waals surface area contributed by atoms with Crippen LogP contribution >= 0.6 is 11.6 Å². The van der Waals surface area contributed by atoms with E-state index in [4.69, 9.17) is 16.1 Å². The lowest BCUT2D eigenvalue weighted by Crippen LogP contribution is -2.50. The number of piperazine rings is 1. The van der Waals surface area contributed by atoms with Crippen LogP contribution in [0, 0.1) is 6.92 Å². The lowest BCUT2D eigenvalue weighted by Gasteiger charge is -2.35. The van der Waals surface area contributed by atoms with Gasteiger partial charge in [0.15, 0.2) is 0 Å². The van der Waals surface area contributed by atoms with E-state index in [1.165, 1.54) is 0 Å². The number of carbonyl (C=O) groups is 1. The fraction of sp³-hybridized carbons (Fsp3) is 0.714. The number of nitrogens with zero attached hydrogens (tertiary/aromatic N) is 3. The number of amides is 1. The van der Waals surface area contributed by atoms with Crippen LogP contribution < -0.4 is 0 Å². The highest BCUT2D eigenvalue weighted by molar-refractivity contribution is 6.29. The van der Waals surface area contributed by atoms with E-state index in [1.54, 1.807) is 6.92 Å². The average Bonchev–Trinajstić information content (AvgIpc) is 2.75. The highest BCUT2D eigenvalue weighted by Gasteiger charge is 2.22. The molecule has 2 heterocycles. The van der Waals surface area contributed by atoms with Gasteiger partial charge in [-0.2, -0.15) is 0 Å². The zero-order valence-corrected chi connectivity index (χ0v) is 13.3. The van der Waals surface area contributed by atoms with Gasteiger partial charge >= 0.3 is 0 Å². The molecule has 7 heteroatoms. The molecule has 0 radical (unpaired) electrons. The quantitative estimate of drug-likeness (QED) is 0.881. The molecule has 2 rings (SSSR count). The molecule has 1 N–H and O–H groups in total. The summed E-state index contributed by atoms with van der Waals surface area (Å²) in [6.45, 7) is 7.31. The number of β-amino-alcohol motifs (C(OH)–C–C–N with tert-alkyl or cyclic N) is 1. The van der Waals surface area contributed by atoms with Gasteiger partial charge in [-0.05, 0) is 31.9 Å². The Bertz CT molecular complexity index is 462. The second-order valence-corrected chi connectivity index (χ2v) is 5.89. The predicted octanol–water partition coefficient (Wildman–Crippen LogP) is 1.09. The van der Waals surface area contributed by atoms with Crippen LogP contribution in [0.2, 0.25) is 5.22 Å². The number of aromatic nitrogens is 1. The monoisotopic (exact) mass is 315 g/mol. The minimum absolute atomic E-state index is 0.128. The first-order chi connectivity index (χ1) is 9.97. The van der Waals surface area contributed by atoms with Crippen molar-refractivity contribution in [1.29, 1.82) is 0 Å². The van der Waals surface area contributed by atoms with Gasteiger partial charge in [-0.25, -0.2) is 0 Å². The summed E-state index contributed by atoms with van der Waals surface area (Å²) >= 11 is 5.90. The Kier molecular flexibility index (Phi) is 5.61. The fourth-order valence-corrected chi connectivity index (χ4v) is 2.85. The molecule has 1 aromatic heterocycles. The van der Waals surface area contributed by atoms with E-state index >= 15 is 0 Å². The molecule has 1 fully saturated rings. The average molecular weight is 316 g/mol. The van der Waals surface area contributed by atoms with Gasteiger partial charge in [0.05, 0.1) is 11.8 Å². The van der Waals surface area contributed by atoms with Crippen LogP contribution in [0.3, 0.4) is 0 Å². The third-order valence-electron chi connectivity index (χ3n) is 3.77. The van der Waals surface area contributed by atoms with Crippen molar-refractivity contribution in [2.75, 3.05) is 32.7 Å². The third kappa shape index (κ3) is 4.43. The van der Waals surface area contributed by atoms with Gasteiger partial charge in [-0.1, -0.05) is 5.16 Å². The van der Waals surface area contributed by atoms with Crippen LogP contribution in [-0.4, -0.2) is 64.8 Å². The Morgan fingerprint density at radius 3 is 2.62 bits per heavy atom. The topological polar surface area (TPSA) is 69.8 Å². The van der Waals surface area contributed by atoms with Crippen molar-refractivity contribution < 1.29 is 14.4 Å². The van der Waals surface area contributed by atoms with E-state index in [0.29, 0.717) is 32.5 Å². The van der Waals surface area contributed by atoms with Crippen molar-refractivity contribution >= 4 is 17.5 Å². The van der Waals surface area contributed by atoms with Crippen LogP contribution in [0.15, 0.2) is 4.52 Å². The molecule has 0 aromatic carbocycles. The number of carbonyl (C=O) groups excluding carboxylic acids is 1. The van der Waals surface area contributed by atoms with Gasteiger partial charge < -0.3 is 14.5 Å². The molecule has 21 heavy (non-hydrogen) atoms. The van der Waals surface area contributed by atoms with E-state index in [9.17, 15) is 9.90 Å². The second-order valence-electron chi connectivity index (χ2n) is 5.55. The summed E-state index contributed by atoms with van der Waals surface area (Å²) in [7, 11) is 0. The molecule has 1 aliphatic heterocycles. The number of rotatable bonds is 5. The standard InChI is InChI=1S/C14H22ClN3O3/c1-10(19)9-17-5-7-18(8-6-17)13(20)4-3-12-11(2)16-21-14(12)15/h10,19H,3-9H2,1-2H3/t10-/m0/s1. The Labute approximate surface area is 129 Å². The van der Waals surface area contributed by atoms with Gasteiger partial charge in [-0.3, -0.25) is 9.69 Å². The highest BCUT2D eigenvalue weighted by atomic mass is 35.5. The summed E-state index contributed by atoms with van der Waals surface area (Å²) in [5.41, 5.74) is 1.56. The maximum Gasteiger partial charge on any atom is 0.229 e. The first-order valence-corrected chi connectivity index (χ1v) is 7.64. The van der Waals surface area contributed by atoms with E-state index < -0.39 is 0 Å². The van der Waals surface area contributed by atoms with Gasteiger partial charge in [-0.15, -0.1) is 0 Å². The van der Waals surface area contributed by atoms with Gasteiger partial charge in [0.2, 0.25) is 11.1 Å². The number of halogens is 1. The van der Waals surface area contributed by atoms with Gasteiger partial charge in [0.25, 0.3) is 0 Å². The Hall–Kier alpha value is -1.11. The zero-order chi connectivity index (χ0) is 15.4. The summed E-state index contributed by atoms with van der Waals surface area (Å²) in [4.78, 5) is 16.3. The molecule has 0 bridgehead atoms. The van der Waals surface area contributed by atoms with Crippen LogP contribution in [0.5, 0.6) is 0 Å². The van der Waals surface area contributed by atoms with Crippen molar-refractivity contribution in [3.05, 3.63) is 16.5 Å². The largest absolute Gasteiger partial charge is 0.392 e. The highest BCUT2D eigenvalue weighted by Crippen LogP contribution is 2.21. The minimum atomic E-state index is -0.328. The van der Waals surface area contributed by atoms with Crippen molar-refractivity contribution in [3.8, 4) is 0 Å². The molecule has 0 aliphatic carbocycles. The molecule has 6 nitrogen and oxygen atoms in total. The van der Waals surface area contributed by atoms with E-state index in [-0.39, 0.29) is 17.2 Å². The molecule has 1 amide bonds. The summed E-state index contributed by atoms with van der Waals surface area (Å²) in [6, 6.07) is 0. The van der Waals surface area contributed by atoms with E-state index in [0.717, 1.165) is 24.3 Å². The fourth-order valence-electron chi connectivity index (χ4n) is 2.58. The second kappa shape index (κ2) is 7.24. The lowest BCUT2D eigenvalue weighted by molar-refractivity contribution is -0.133. The molecule has 1 aromatic rings. The number of hydrogen-bond acceptors (Lipinski definition) is 5. The molecule has 1 aliphatic rings. The summed E-state index contributed by atoms with van der Waals surface area (Å²) in [5, 5.41) is 13.4. The normalized spacial score (nSPS) is 18.0. The molecule has 118 valence electrons. The smallest absolute Gasteiger partial charge is 0.229 e. The molecular weight excluding hydrogens is 294 g/mol. The molecule has 0 saturated carbocycles. The van der Waals surface area contributed by atoms with Crippen LogP contribution in [0.4, 0.5) is 0 Å². The van der Waals surface area contributed by atoms with E-state index in [2.05, 4.69) is 10.1 Å². The number of hydrogen-bond donors (Lipinski definition) is 1. The van der Waals surface area contributed by atoms with E-state index in [1.807, 2.05) is 11.8 Å². The number of aliphatic hydroxyl groups excluding tert-OH is 1. The summed E-state index contributed by atoms with van der Waals surface area (Å²) in [5.74, 6) is 0.128. The third-order valence-corrected chi connectivity index (χ3v) is 4.07. The molecule has 0 spiro atoms. The number of aliphatic hydroxyl groups is 1. The first kappa shape index (κ1) is 16.3. The van der Waals surface area contributed by atoms with Crippen molar-refractivity contribution in [2.24, 2.45) is 0 Å². The van der Waals surface area contributed by atoms with Gasteiger partial charge in [0.1, 0.15) is 0 Å². The number of aryl methyl sites for hydroxylation is 1. The lowest BCUT2D eigenvalue weighted by atomic mass is 10.1. The maximum atomic E-state index is 12.2. The Morgan fingerprint density at radius 1 is 1.43 bits per heavy atom. The zero-order valence-electron chi connectivity index (χ0n) is 12.5. The summed E-state index contributed by atoms with van der Waals surface area (Å²) in [6.07, 6.45) is 0.643. The van der Waals surface area contributed by atoms with Crippen molar-refractivity contribution in [1.82, 2.24) is 15.0 Å². The molecule has 1 saturated heterocycles. The molecule has 0 unspecified atom stereocenters. The van der Waals surface area contributed by atoms with Crippen molar-refractivity contribution in [2.45, 2.75) is 32.8 Å². The Morgan fingerprint density at radius 2 is 2.10 bits per heavy atom. The SMILES string of the molecule is Cc1noc(Cl)c1CCC(=O)N1CCN(C[C@H](C)O)CC1. The molecule has 1 atom stereocenters. The molecular formula is C14H22ClN3O3. The van der Waals surface area contributed by atoms with Crippen molar-refractivity contribution in [3.63, 3.8) is 0 Å². The first-order valence-electron chi connectivity index (χ1n) is 7.26. The van der Waals surface area contributed by atoms with Crippen LogP contribution in [-0.2, 0) is 11.2 Å². The van der Waals surface area contributed by atoms with Crippen LogP contribution in [0.1, 0.15) is 24.6 Å². The predicted molar refractivity (Wildman–Crippen MR) is 79.3 cm³/mol. The minimum Gasteiger partial charge on any atom is -0.392 e. The van der Waals surface area contributed by atoms with Crippen LogP contribution in [0.25, 0.3) is 0 Å². The van der Waals surface area contributed by atoms with Gasteiger partial charge in [0, 0.05) is 44.7 Å². The Balaban J connectivity index is 1.77. The maximum absolute atomic E-state index is 12.2.